The van der Waals surface area contributed by atoms with Crippen LogP contribution in [0.1, 0.15) is 10.4 Å². The average molecular weight is 479 g/mol. The first kappa shape index (κ1) is 21.3. The van der Waals surface area contributed by atoms with Crippen molar-refractivity contribution in [1.82, 2.24) is 0 Å². The highest BCUT2D eigenvalue weighted by Crippen LogP contribution is 2.33. The molecule has 0 aromatic heterocycles. The number of carbonyl (C=O) groups is 1. The van der Waals surface area contributed by atoms with Gasteiger partial charge in [0.25, 0.3) is 15.9 Å². The molecule has 7 nitrogen and oxygen atoms in total. The summed E-state index contributed by atoms with van der Waals surface area (Å²) in [5.74, 6) is 0.453. The van der Waals surface area contributed by atoms with E-state index in [9.17, 15) is 13.2 Å². The lowest BCUT2D eigenvalue weighted by Crippen LogP contribution is -2.17. The Morgan fingerprint density at radius 2 is 1.52 bits per heavy atom. The van der Waals surface area contributed by atoms with Crippen LogP contribution in [0.3, 0.4) is 0 Å². The van der Waals surface area contributed by atoms with Crippen molar-refractivity contribution < 1.29 is 22.7 Å². The van der Waals surface area contributed by atoms with E-state index < -0.39 is 15.9 Å². The molecule has 0 fully saturated rings. The highest BCUT2D eigenvalue weighted by atomic mass is 35.5. The molecular formula is C21H16Cl2N2O5S. The molecule has 160 valence electrons. The third kappa shape index (κ3) is 4.87. The van der Waals surface area contributed by atoms with E-state index in [-0.39, 0.29) is 15.5 Å². The van der Waals surface area contributed by atoms with Crippen molar-refractivity contribution in [2.24, 2.45) is 0 Å². The molecule has 0 spiro atoms. The van der Waals surface area contributed by atoms with Crippen LogP contribution in [0.2, 0.25) is 10.0 Å². The molecule has 0 bridgehead atoms. The highest BCUT2D eigenvalue weighted by Gasteiger charge is 2.19. The second kappa shape index (κ2) is 8.66. The number of halogens is 2. The fraction of sp³-hybridized carbons (Fsp3) is 0.0952. The smallest absolute Gasteiger partial charge is 0.262 e. The van der Waals surface area contributed by atoms with Gasteiger partial charge in [0.1, 0.15) is 13.2 Å². The second-order valence-electron chi connectivity index (χ2n) is 6.57. The summed E-state index contributed by atoms with van der Waals surface area (Å²) in [7, 11) is -3.84. The van der Waals surface area contributed by atoms with Gasteiger partial charge >= 0.3 is 0 Å². The van der Waals surface area contributed by atoms with Gasteiger partial charge in [-0.2, -0.15) is 0 Å². The molecule has 3 aromatic carbocycles. The SMILES string of the molecule is O=C(Nc1ccc(NS(=O)(=O)c2ccc3c(c2)OCCO3)cc1)c1cc(Cl)ccc1Cl. The number of carbonyl (C=O) groups excluding carboxylic acids is 1. The minimum absolute atomic E-state index is 0.0460. The number of benzene rings is 3. The molecule has 1 aliphatic rings. The summed E-state index contributed by atoms with van der Waals surface area (Å²) >= 11 is 12.0. The zero-order chi connectivity index (χ0) is 22.0. The van der Waals surface area contributed by atoms with Gasteiger partial charge in [-0.1, -0.05) is 23.2 Å². The molecule has 31 heavy (non-hydrogen) atoms. The molecule has 0 aliphatic carbocycles. The van der Waals surface area contributed by atoms with Gasteiger partial charge in [-0.05, 0) is 54.6 Å². The van der Waals surface area contributed by atoms with Crippen LogP contribution in [0.5, 0.6) is 11.5 Å². The molecule has 0 saturated carbocycles. The number of rotatable bonds is 5. The summed E-state index contributed by atoms with van der Waals surface area (Å²) in [6.07, 6.45) is 0. The summed E-state index contributed by atoms with van der Waals surface area (Å²) in [5.41, 5.74) is 1.02. The van der Waals surface area contributed by atoms with Crippen molar-refractivity contribution in [2.45, 2.75) is 4.90 Å². The summed E-state index contributed by atoms with van der Waals surface area (Å²) in [5, 5.41) is 3.35. The van der Waals surface area contributed by atoms with E-state index in [2.05, 4.69) is 10.0 Å². The highest BCUT2D eigenvalue weighted by molar-refractivity contribution is 7.92. The Labute approximate surface area is 188 Å². The van der Waals surface area contributed by atoms with E-state index in [1.165, 1.54) is 36.4 Å². The Bertz CT molecular complexity index is 1250. The normalized spacial score (nSPS) is 12.8. The molecule has 2 N–H and O–H groups in total. The third-order valence-corrected chi connectivity index (χ3v) is 6.34. The van der Waals surface area contributed by atoms with Gasteiger partial charge in [0.05, 0.1) is 15.5 Å². The zero-order valence-corrected chi connectivity index (χ0v) is 18.2. The quantitative estimate of drug-likeness (QED) is 0.548. The maximum Gasteiger partial charge on any atom is 0.262 e. The number of amides is 1. The lowest BCUT2D eigenvalue weighted by molar-refractivity contribution is 0.102. The number of fused-ring (bicyclic) bond motifs is 1. The number of hydrogen-bond acceptors (Lipinski definition) is 5. The van der Waals surface area contributed by atoms with E-state index in [1.54, 1.807) is 24.3 Å². The Morgan fingerprint density at radius 1 is 0.839 bits per heavy atom. The molecule has 1 aliphatic heterocycles. The maximum absolute atomic E-state index is 12.7. The molecule has 3 aromatic rings. The Morgan fingerprint density at radius 3 is 2.26 bits per heavy atom. The molecule has 0 saturated heterocycles. The van der Waals surface area contributed by atoms with Crippen LogP contribution in [0.15, 0.2) is 65.6 Å². The molecular weight excluding hydrogens is 463 g/mol. The van der Waals surface area contributed by atoms with Crippen LogP contribution in [0.4, 0.5) is 11.4 Å². The number of ether oxygens (including phenoxy) is 2. The summed E-state index contributed by atoms with van der Waals surface area (Å²) in [4.78, 5) is 12.5. The summed E-state index contributed by atoms with van der Waals surface area (Å²) in [6, 6.07) is 15.2. The molecule has 1 heterocycles. The van der Waals surface area contributed by atoms with Crippen molar-refractivity contribution in [1.29, 1.82) is 0 Å². The van der Waals surface area contributed by atoms with Gasteiger partial charge < -0.3 is 14.8 Å². The van der Waals surface area contributed by atoms with Gasteiger partial charge in [-0.3, -0.25) is 9.52 Å². The van der Waals surface area contributed by atoms with E-state index in [0.29, 0.717) is 41.1 Å². The van der Waals surface area contributed by atoms with Crippen molar-refractivity contribution in [3.63, 3.8) is 0 Å². The first-order chi connectivity index (χ1) is 14.8. The summed E-state index contributed by atoms with van der Waals surface area (Å²) < 4.78 is 38.7. The van der Waals surface area contributed by atoms with Gasteiger partial charge in [0.2, 0.25) is 0 Å². The molecule has 0 radical (unpaired) electrons. The van der Waals surface area contributed by atoms with Crippen LogP contribution in [0, 0.1) is 0 Å². The fourth-order valence-electron chi connectivity index (χ4n) is 2.90. The lowest BCUT2D eigenvalue weighted by atomic mass is 10.2. The lowest BCUT2D eigenvalue weighted by Gasteiger charge is -2.19. The molecule has 1 amide bonds. The van der Waals surface area contributed by atoms with E-state index in [4.69, 9.17) is 32.7 Å². The van der Waals surface area contributed by atoms with Crippen molar-refractivity contribution in [3.8, 4) is 11.5 Å². The monoisotopic (exact) mass is 478 g/mol. The molecule has 0 atom stereocenters. The second-order valence-corrected chi connectivity index (χ2v) is 9.09. The Hall–Kier alpha value is -2.94. The maximum atomic E-state index is 12.7. The fourth-order valence-corrected chi connectivity index (χ4v) is 4.35. The topological polar surface area (TPSA) is 93.7 Å². The minimum atomic E-state index is -3.84. The first-order valence-corrected chi connectivity index (χ1v) is 11.3. The van der Waals surface area contributed by atoms with Gasteiger partial charge in [-0.15, -0.1) is 0 Å². The molecule has 10 heteroatoms. The van der Waals surface area contributed by atoms with Crippen LogP contribution in [0.25, 0.3) is 0 Å². The summed E-state index contributed by atoms with van der Waals surface area (Å²) in [6.45, 7) is 0.779. The predicted molar refractivity (Wildman–Crippen MR) is 119 cm³/mol. The largest absolute Gasteiger partial charge is 0.486 e. The third-order valence-electron chi connectivity index (χ3n) is 4.39. The Kier molecular flexibility index (Phi) is 5.95. The number of sulfonamides is 1. The van der Waals surface area contributed by atoms with Crippen molar-refractivity contribution in [3.05, 3.63) is 76.3 Å². The molecule has 0 unspecified atom stereocenters. The average Bonchev–Trinajstić information content (AvgIpc) is 2.76. The minimum Gasteiger partial charge on any atom is -0.486 e. The van der Waals surface area contributed by atoms with Crippen LogP contribution in [-0.2, 0) is 10.0 Å². The number of hydrogen-bond donors (Lipinski definition) is 2. The Balaban J connectivity index is 1.47. The van der Waals surface area contributed by atoms with Crippen LogP contribution < -0.4 is 19.5 Å². The standard InChI is InChI=1S/C21H16Cl2N2O5S/c22-13-1-7-18(23)17(11-13)21(26)24-14-2-4-15(5-3-14)25-31(27,28)16-6-8-19-20(12-16)30-10-9-29-19/h1-8,11-12,25H,9-10H2,(H,24,26). The van der Waals surface area contributed by atoms with E-state index in [1.807, 2.05) is 0 Å². The van der Waals surface area contributed by atoms with Gasteiger partial charge in [0.15, 0.2) is 11.5 Å². The van der Waals surface area contributed by atoms with E-state index in [0.717, 1.165) is 0 Å². The van der Waals surface area contributed by atoms with Gasteiger partial charge in [0, 0.05) is 22.5 Å². The van der Waals surface area contributed by atoms with Crippen molar-refractivity contribution >= 4 is 50.5 Å². The van der Waals surface area contributed by atoms with Crippen molar-refractivity contribution in [2.75, 3.05) is 23.3 Å². The molecule has 4 rings (SSSR count). The number of nitrogens with one attached hydrogen (secondary N) is 2. The number of anilines is 2. The zero-order valence-electron chi connectivity index (χ0n) is 15.9. The van der Waals surface area contributed by atoms with Gasteiger partial charge in [-0.25, -0.2) is 8.42 Å². The van der Waals surface area contributed by atoms with E-state index >= 15 is 0 Å². The van der Waals surface area contributed by atoms with Crippen LogP contribution in [-0.4, -0.2) is 27.5 Å². The predicted octanol–water partition coefficient (Wildman–Crippen LogP) is 4.82. The van der Waals surface area contributed by atoms with Crippen LogP contribution >= 0.6 is 23.2 Å². The first-order valence-electron chi connectivity index (χ1n) is 9.11.